The van der Waals surface area contributed by atoms with Gasteiger partial charge >= 0.3 is 0 Å². The van der Waals surface area contributed by atoms with E-state index in [4.69, 9.17) is 0 Å². The summed E-state index contributed by atoms with van der Waals surface area (Å²) < 4.78 is 0. The lowest BCUT2D eigenvalue weighted by molar-refractivity contribution is 0.350. The van der Waals surface area contributed by atoms with E-state index in [9.17, 15) is 0 Å². The molecule has 1 nitrogen and oxygen atoms in total. The minimum atomic E-state index is 0. The lowest BCUT2D eigenvalue weighted by Gasteiger charge is -2.20. The first-order valence-corrected chi connectivity index (χ1v) is 5.49. The maximum atomic E-state index is 3.24. The summed E-state index contributed by atoms with van der Waals surface area (Å²) in [7, 11) is 2.05. The molecule has 0 atom stereocenters. The Hall–Kier alpha value is -0.0400. The fraction of sp³-hybridized carbons (Fsp3) is 1.00. The summed E-state index contributed by atoms with van der Waals surface area (Å²) >= 11 is 0. The van der Waals surface area contributed by atoms with Crippen molar-refractivity contribution in [1.82, 2.24) is 5.32 Å². The van der Waals surface area contributed by atoms with Gasteiger partial charge in [0.2, 0.25) is 0 Å². The first-order chi connectivity index (χ1) is 5.85. The molecule has 1 saturated carbocycles. The van der Waals surface area contributed by atoms with E-state index < -0.39 is 0 Å². The second-order valence-electron chi connectivity index (χ2n) is 3.77. The molecule has 0 aromatic heterocycles. The van der Waals surface area contributed by atoms with Gasteiger partial charge in [0.05, 0.1) is 0 Å². The third kappa shape index (κ3) is 6.66. The molecular weight excluding hydrogens is 146 g/mol. The van der Waals surface area contributed by atoms with Gasteiger partial charge in [-0.05, 0) is 32.4 Å². The molecule has 1 fully saturated rings. The summed E-state index contributed by atoms with van der Waals surface area (Å²) in [6.07, 6.45) is 8.57. The Bertz CT molecular complexity index is 77.4. The number of nitrogens with one attached hydrogen (secondary N) is 1. The minimum absolute atomic E-state index is 0. The van der Waals surface area contributed by atoms with Crippen molar-refractivity contribution in [2.24, 2.45) is 5.92 Å². The average molecular weight is 173 g/mol. The van der Waals surface area contributed by atoms with E-state index in [0.29, 0.717) is 0 Å². The summed E-state index contributed by atoms with van der Waals surface area (Å²) in [5, 5.41) is 3.24. The zero-order valence-corrected chi connectivity index (χ0v) is 9.03. The first-order valence-electron chi connectivity index (χ1n) is 5.49. The normalized spacial score (nSPS) is 18.2. The maximum Gasteiger partial charge on any atom is 0 e. The molecule has 0 bridgehead atoms. The topological polar surface area (TPSA) is 12.0 Å². The Kier molecular flexibility index (Phi) is 9.02. The number of hydrogen-bond donors (Lipinski definition) is 1. The molecule has 0 spiro atoms. The number of rotatable bonds is 2. The monoisotopic (exact) mass is 173 g/mol. The smallest absolute Gasteiger partial charge is 0 e. The van der Waals surface area contributed by atoms with Gasteiger partial charge in [-0.1, -0.05) is 39.5 Å². The molecule has 12 heavy (non-hydrogen) atoms. The molecule has 1 aliphatic carbocycles. The van der Waals surface area contributed by atoms with Crippen LogP contribution in [0.15, 0.2) is 0 Å². The zero-order valence-electron chi connectivity index (χ0n) is 9.03. The Morgan fingerprint density at radius 3 is 2.08 bits per heavy atom. The molecule has 0 radical (unpaired) electrons. The van der Waals surface area contributed by atoms with Crippen LogP contribution >= 0.6 is 0 Å². The van der Waals surface area contributed by atoms with E-state index in [1.165, 1.54) is 45.1 Å². The number of hydrogen-bond acceptors (Lipinski definition) is 1. The van der Waals surface area contributed by atoms with Crippen LogP contribution in [0.1, 0.15) is 53.8 Å². The van der Waals surface area contributed by atoms with Crippen LogP contribution in [-0.2, 0) is 0 Å². The van der Waals surface area contributed by atoms with Crippen molar-refractivity contribution >= 4 is 0 Å². The van der Waals surface area contributed by atoms with Crippen molar-refractivity contribution in [3.8, 4) is 0 Å². The van der Waals surface area contributed by atoms with Crippen LogP contribution in [0.4, 0.5) is 0 Å². The van der Waals surface area contributed by atoms with Crippen molar-refractivity contribution in [3.05, 3.63) is 0 Å². The van der Waals surface area contributed by atoms with E-state index in [1.54, 1.807) is 0 Å². The first kappa shape index (κ1) is 12.0. The van der Waals surface area contributed by atoms with E-state index >= 15 is 0 Å². The van der Waals surface area contributed by atoms with Crippen molar-refractivity contribution in [1.29, 1.82) is 0 Å². The molecule has 1 rings (SSSR count). The van der Waals surface area contributed by atoms with Crippen molar-refractivity contribution < 1.29 is 1.43 Å². The molecule has 0 heterocycles. The molecule has 0 aliphatic heterocycles. The van der Waals surface area contributed by atoms with Crippen LogP contribution < -0.4 is 5.32 Å². The van der Waals surface area contributed by atoms with Gasteiger partial charge in [-0.15, -0.1) is 0 Å². The lowest BCUT2D eigenvalue weighted by atomic mass is 9.89. The highest BCUT2D eigenvalue weighted by molar-refractivity contribution is 4.66. The fourth-order valence-corrected chi connectivity index (χ4v) is 1.68. The molecule has 0 aromatic carbocycles. The van der Waals surface area contributed by atoms with Crippen LogP contribution in [0.5, 0.6) is 0 Å². The van der Waals surface area contributed by atoms with Gasteiger partial charge < -0.3 is 5.32 Å². The highest BCUT2D eigenvalue weighted by Gasteiger charge is 2.11. The summed E-state index contributed by atoms with van der Waals surface area (Å²) in [6, 6.07) is 0. The van der Waals surface area contributed by atoms with E-state index in [2.05, 4.69) is 26.2 Å². The summed E-state index contributed by atoms with van der Waals surface area (Å²) in [5.74, 6) is 0.990. The van der Waals surface area contributed by atoms with Crippen LogP contribution in [-0.4, -0.2) is 13.6 Å². The summed E-state index contributed by atoms with van der Waals surface area (Å²) in [5.41, 5.74) is 0. The van der Waals surface area contributed by atoms with Gasteiger partial charge in [-0.2, -0.15) is 0 Å². The highest BCUT2D eigenvalue weighted by Crippen LogP contribution is 2.22. The lowest BCUT2D eigenvalue weighted by Crippen LogP contribution is -2.20. The molecular formula is C11H27N. The Labute approximate surface area is 79.4 Å². The third-order valence-corrected chi connectivity index (χ3v) is 2.22. The Morgan fingerprint density at radius 1 is 1.17 bits per heavy atom. The van der Waals surface area contributed by atoms with Crippen LogP contribution in [0.25, 0.3) is 0 Å². The third-order valence-electron chi connectivity index (χ3n) is 2.22. The second kappa shape index (κ2) is 9.05. The van der Waals surface area contributed by atoms with Gasteiger partial charge in [0, 0.05) is 1.43 Å². The highest BCUT2D eigenvalue weighted by atomic mass is 14.8. The van der Waals surface area contributed by atoms with Gasteiger partial charge in [0.25, 0.3) is 0 Å². The minimum Gasteiger partial charge on any atom is -0.319 e. The molecule has 1 heteroatoms. The maximum absolute atomic E-state index is 3.24. The van der Waals surface area contributed by atoms with Crippen LogP contribution in [0, 0.1) is 5.92 Å². The molecule has 0 amide bonds. The standard InChI is InChI=1S/C8H17N.C3H8.H2/c1-9-7-8-5-3-2-4-6-8;1-3-2;/h8-9H,2-7H2,1H3;3H2,1-2H3;1H. The molecule has 1 aliphatic rings. The Morgan fingerprint density at radius 2 is 1.67 bits per heavy atom. The largest absolute Gasteiger partial charge is 0.319 e. The van der Waals surface area contributed by atoms with E-state index in [-0.39, 0.29) is 1.43 Å². The van der Waals surface area contributed by atoms with Gasteiger partial charge in [0.15, 0.2) is 0 Å². The van der Waals surface area contributed by atoms with E-state index in [1.807, 2.05) is 0 Å². The van der Waals surface area contributed by atoms with Crippen LogP contribution in [0.3, 0.4) is 0 Å². The average Bonchev–Trinajstić information content (AvgIpc) is 2.08. The fourth-order valence-electron chi connectivity index (χ4n) is 1.68. The summed E-state index contributed by atoms with van der Waals surface area (Å²) in [4.78, 5) is 0. The molecule has 0 unspecified atom stereocenters. The van der Waals surface area contributed by atoms with Crippen molar-refractivity contribution in [2.45, 2.75) is 52.4 Å². The van der Waals surface area contributed by atoms with Crippen molar-refractivity contribution in [2.75, 3.05) is 13.6 Å². The molecule has 0 saturated heterocycles. The van der Waals surface area contributed by atoms with Crippen LogP contribution in [0.2, 0.25) is 0 Å². The van der Waals surface area contributed by atoms with Gasteiger partial charge in [-0.3, -0.25) is 0 Å². The second-order valence-corrected chi connectivity index (χ2v) is 3.77. The summed E-state index contributed by atoms with van der Waals surface area (Å²) in [6.45, 7) is 5.49. The Balaban J connectivity index is 0. The SMILES string of the molecule is CCC.CNCC1CCCCC1.[HH]. The predicted molar refractivity (Wildman–Crippen MR) is 58.6 cm³/mol. The zero-order chi connectivity index (χ0) is 9.23. The van der Waals surface area contributed by atoms with E-state index in [0.717, 1.165) is 5.92 Å². The molecule has 76 valence electrons. The molecule has 1 N–H and O–H groups in total. The van der Waals surface area contributed by atoms with Crippen molar-refractivity contribution in [3.63, 3.8) is 0 Å². The van der Waals surface area contributed by atoms with Gasteiger partial charge in [-0.25, -0.2) is 0 Å². The predicted octanol–water partition coefficient (Wildman–Crippen LogP) is 3.45. The molecule has 0 aromatic rings. The van der Waals surface area contributed by atoms with Gasteiger partial charge in [0.1, 0.15) is 0 Å². The quantitative estimate of drug-likeness (QED) is 0.674.